The number of H-pyrrole nitrogens is 1. The van der Waals surface area contributed by atoms with Crippen molar-refractivity contribution in [2.24, 2.45) is 0 Å². The molecule has 3 rings (SSSR count). The Morgan fingerprint density at radius 3 is 2.67 bits per heavy atom. The highest BCUT2D eigenvalue weighted by Gasteiger charge is 2.12. The van der Waals surface area contributed by atoms with Crippen molar-refractivity contribution in [3.05, 3.63) is 59.3 Å². The first kappa shape index (κ1) is 13.2. The predicted octanol–water partition coefficient (Wildman–Crippen LogP) is 3.62. The Morgan fingerprint density at radius 2 is 1.90 bits per heavy atom. The minimum absolute atomic E-state index is 0.130. The summed E-state index contributed by atoms with van der Waals surface area (Å²) in [6.07, 6.45) is 1.71. The lowest BCUT2D eigenvalue weighted by atomic mass is 10.1. The van der Waals surface area contributed by atoms with Crippen molar-refractivity contribution >= 4 is 28.2 Å². The van der Waals surface area contributed by atoms with Gasteiger partial charge in [-0.15, -0.1) is 0 Å². The Labute approximate surface area is 123 Å². The van der Waals surface area contributed by atoms with Gasteiger partial charge in [0.2, 0.25) is 0 Å². The molecule has 1 heterocycles. The average molecular weight is 279 g/mol. The fourth-order valence-electron chi connectivity index (χ4n) is 2.35. The summed E-state index contributed by atoms with van der Waals surface area (Å²) in [6, 6.07) is 11.4. The van der Waals surface area contributed by atoms with Gasteiger partial charge in [-0.2, -0.15) is 0 Å². The lowest BCUT2D eigenvalue weighted by Gasteiger charge is -2.07. The van der Waals surface area contributed by atoms with Crippen LogP contribution < -0.4 is 11.1 Å². The first-order valence-corrected chi connectivity index (χ1v) is 6.80. The third kappa shape index (κ3) is 2.48. The Morgan fingerprint density at radius 1 is 1.10 bits per heavy atom. The van der Waals surface area contributed by atoms with Gasteiger partial charge in [0, 0.05) is 28.5 Å². The van der Waals surface area contributed by atoms with E-state index >= 15 is 0 Å². The topological polar surface area (TPSA) is 70.9 Å². The zero-order chi connectivity index (χ0) is 15.0. The fraction of sp³-hybridized carbons (Fsp3) is 0.118. The number of carbonyl (C=O) groups excluding carboxylic acids is 1. The van der Waals surface area contributed by atoms with Crippen molar-refractivity contribution in [1.82, 2.24) is 4.98 Å². The minimum Gasteiger partial charge on any atom is -0.399 e. The zero-order valence-corrected chi connectivity index (χ0v) is 12.0. The summed E-state index contributed by atoms with van der Waals surface area (Å²) in [6.45, 7) is 4.07. The van der Waals surface area contributed by atoms with Gasteiger partial charge in [0.05, 0.1) is 5.56 Å². The van der Waals surface area contributed by atoms with Gasteiger partial charge in [0.1, 0.15) is 0 Å². The van der Waals surface area contributed by atoms with E-state index in [1.807, 2.05) is 44.2 Å². The molecule has 0 atom stereocenters. The molecule has 21 heavy (non-hydrogen) atoms. The molecule has 0 aliphatic heterocycles. The highest BCUT2D eigenvalue weighted by molar-refractivity contribution is 6.13. The molecule has 4 nitrogen and oxygen atoms in total. The molecule has 0 unspecified atom stereocenters. The molecule has 4 N–H and O–H groups in total. The molecule has 106 valence electrons. The number of fused-ring (bicyclic) bond motifs is 1. The smallest absolute Gasteiger partial charge is 0.257 e. The second-order valence-electron chi connectivity index (χ2n) is 5.26. The molecule has 0 bridgehead atoms. The van der Waals surface area contributed by atoms with Gasteiger partial charge in [-0.05, 0) is 55.3 Å². The second-order valence-corrected chi connectivity index (χ2v) is 5.26. The summed E-state index contributed by atoms with van der Waals surface area (Å²) < 4.78 is 0. The lowest BCUT2D eigenvalue weighted by molar-refractivity contribution is 0.102. The van der Waals surface area contributed by atoms with Gasteiger partial charge in [0.25, 0.3) is 5.91 Å². The first-order valence-electron chi connectivity index (χ1n) is 6.80. The number of nitrogen functional groups attached to an aromatic ring is 1. The van der Waals surface area contributed by atoms with Crippen molar-refractivity contribution in [3.63, 3.8) is 0 Å². The number of hydrogen-bond acceptors (Lipinski definition) is 2. The van der Waals surface area contributed by atoms with Crippen LogP contribution in [0, 0.1) is 13.8 Å². The number of aromatic amines is 1. The third-order valence-electron chi connectivity index (χ3n) is 3.72. The van der Waals surface area contributed by atoms with Crippen LogP contribution in [0.15, 0.2) is 42.6 Å². The Bertz CT molecular complexity index is 833. The largest absolute Gasteiger partial charge is 0.399 e. The standard InChI is InChI=1S/C17H17N3O/c1-10-3-5-13(7-11(10)2)20-17(21)15-9-19-16-8-12(18)4-6-14(15)16/h3-9,19H,18H2,1-2H3,(H,20,21). The first-order chi connectivity index (χ1) is 10.0. The molecular formula is C17H17N3O. The number of amides is 1. The molecule has 0 fully saturated rings. The van der Waals surface area contributed by atoms with E-state index in [0.29, 0.717) is 11.3 Å². The van der Waals surface area contributed by atoms with Crippen LogP contribution in [0.25, 0.3) is 10.9 Å². The van der Waals surface area contributed by atoms with Gasteiger partial charge in [-0.3, -0.25) is 4.79 Å². The van der Waals surface area contributed by atoms with E-state index in [4.69, 9.17) is 5.73 Å². The summed E-state index contributed by atoms with van der Waals surface area (Å²) in [5, 5.41) is 3.80. The maximum absolute atomic E-state index is 12.4. The number of aryl methyl sites for hydroxylation is 2. The van der Waals surface area contributed by atoms with Crippen LogP contribution in [0.2, 0.25) is 0 Å². The lowest BCUT2D eigenvalue weighted by Crippen LogP contribution is -2.11. The average Bonchev–Trinajstić information content (AvgIpc) is 2.85. The number of benzene rings is 2. The molecule has 0 radical (unpaired) electrons. The number of anilines is 2. The molecule has 3 aromatic rings. The fourth-order valence-corrected chi connectivity index (χ4v) is 2.35. The predicted molar refractivity (Wildman–Crippen MR) is 86.6 cm³/mol. The molecule has 2 aromatic carbocycles. The molecule has 0 aliphatic carbocycles. The monoisotopic (exact) mass is 279 g/mol. The van der Waals surface area contributed by atoms with Crippen LogP contribution in [0.4, 0.5) is 11.4 Å². The minimum atomic E-state index is -0.130. The summed E-state index contributed by atoms with van der Waals surface area (Å²) >= 11 is 0. The number of carbonyl (C=O) groups is 1. The van der Waals surface area contributed by atoms with Gasteiger partial charge >= 0.3 is 0 Å². The third-order valence-corrected chi connectivity index (χ3v) is 3.72. The van der Waals surface area contributed by atoms with E-state index in [-0.39, 0.29) is 5.91 Å². The Balaban J connectivity index is 1.91. The summed E-state index contributed by atoms with van der Waals surface area (Å²) in [5.74, 6) is -0.130. The molecule has 0 aliphatic rings. The van der Waals surface area contributed by atoms with Crippen LogP contribution in [-0.4, -0.2) is 10.9 Å². The van der Waals surface area contributed by atoms with Gasteiger partial charge in [0.15, 0.2) is 0 Å². The Kier molecular flexibility index (Phi) is 3.14. The van der Waals surface area contributed by atoms with E-state index in [0.717, 1.165) is 22.2 Å². The van der Waals surface area contributed by atoms with E-state index < -0.39 is 0 Å². The number of hydrogen-bond donors (Lipinski definition) is 3. The van der Waals surface area contributed by atoms with Crippen LogP contribution in [0.1, 0.15) is 21.5 Å². The number of nitrogens with two attached hydrogens (primary N) is 1. The van der Waals surface area contributed by atoms with Gasteiger partial charge in [-0.25, -0.2) is 0 Å². The maximum atomic E-state index is 12.4. The van der Waals surface area contributed by atoms with Crippen LogP contribution in [0.3, 0.4) is 0 Å². The normalized spacial score (nSPS) is 10.8. The molecule has 0 spiro atoms. The Hall–Kier alpha value is -2.75. The molecule has 1 aromatic heterocycles. The van der Waals surface area contributed by atoms with Crippen molar-refractivity contribution in [1.29, 1.82) is 0 Å². The van der Waals surface area contributed by atoms with Crippen molar-refractivity contribution < 1.29 is 4.79 Å². The van der Waals surface area contributed by atoms with Crippen molar-refractivity contribution in [2.45, 2.75) is 13.8 Å². The van der Waals surface area contributed by atoms with Crippen molar-refractivity contribution in [2.75, 3.05) is 11.1 Å². The SMILES string of the molecule is Cc1ccc(NC(=O)c2c[nH]c3cc(N)ccc23)cc1C. The summed E-state index contributed by atoms with van der Waals surface area (Å²) in [4.78, 5) is 15.5. The van der Waals surface area contributed by atoms with Gasteiger partial charge in [-0.1, -0.05) is 6.07 Å². The number of rotatable bonds is 2. The van der Waals surface area contributed by atoms with Crippen LogP contribution in [0.5, 0.6) is 0 Å². The number of aromatic nitrogens is 1. The van der Waals surface area contributed by atoms with Crippen LogP contribution in [-0.2, 0) is 0 Å². The molecule has 0 saturated heterocycles. The molecule has 1 amide bonds. The quantitative estimate of drug-likeness (QED) is 0.627. The molecule has 0 saturated carbocycles. The number of nitrogens with one attached hydrogen (secondary N) is 2. The molecular weight excluding hydrogens is 262 g/mol. The highest BCUT2D eigenvalue weighted by atomic mass is 16.1. The van der Waals surface area contributed by atoms with E-state index in [2.05, 4.69) is 10.3 Å². The van der Waals surface area contributed by atoms with Gasteiger partial charge < -0.3 is 16.0 Å². The maximum Gasteiger partial charge on any atom is 0.257 e. The van der Waals surface area contributed by atoms with E-state index in [1.165, 1.54) is 5.56 Å². The second kappa shape index (κ2) is 4.98. The molecule has 4 heteroatoms. The van der Waals surface area contributed by atoms with Crippen LogP contribution >= 0.6 is 0 Å². The summed E-state index contributed by atoms with van der Waals surface area (Å²) in [7, 11) is 0. The summed E-state index contributed by atoms with van der Waals surface area (Å²) in [5.41, 5.74) is 11.0. The zero-order valence-electron chi connectivity index (χ0n) is 12.0. The van der Waals surface area contributed by atoms with Crippen molar-refractivity contribution in [3.8, 4) is 0 Å². The van der Waals surface area contributed by atoms with E-state index in [9.17, 15) is 4.79 Å². The highest BCUT2D eigenvalue weighted by Crippen LogP contribution is 2.22. The van der Waals surface area contributed by atoms with E-state index in [1.54, 1.807) is 12.3 Å².